The summed E-state index contributed by atoms with van der Waals surface area (Å²) >= 11 is 5.77. The number of rotatable bonds is 2. The van der Waals surface area contributed by atoms with Crippen LogP contribution in [0.5, 0.6) is 0 Å². The summed E-state index contributed by atoms with van der Waals surface area (Å²) in [5.41, 5.74) is 1.61. The second kappa shape index (κ2) is 4.27. The Morgan fingerprint density at radius 2 is 2.23 bits per heavy atom. The Morgan fingerprint density at radius 1 is 1.54 bits per heavy atom. The van der Waals surface area contributed by atoms with Crippen molar-refractivity contribution in [2.75, 3.05) is 7.05 Å². The van der Waals surface area contributed by atoms with E-state index >= 15 is 0 Å². The maximum atomic E-state index is 8.85. The summed E-state index contributed by atoms with van der Waals surface area (Å²) in [6.45, 7) is 2.00. The van der Waals surface area contributed by atoms with Crippen LogP contribution < -0.4 is 5.32 Å². The van der Waals surface area contributed by atoms with Gasteiger partial charge in [-0.05, 0) is 31.7 Å². The number of nitriles is 1. The number of halogens is 1. The van der Waals surface area contributed by atoms with Gasteiger partial charge in [-0.25, -0.2) is 0 Å². The summed E-state index contributed by atoms with van der Waals surface area (Å²) < 4.78 is 0. The van der Waals surface area contributed by atoms with E-state index in [1.807, 2.05) is 20.0 Å². The van der Waals surface area contributed by atoms with E-state index in [2.05, 4.69) is 11.4 Å². The lowest BCUT2D eigenvalue weighted by molar-refractivity contribution is 0.651. The van der Waals surface area contributed by atoms with Gasteiger partial charge in [0.25, 0.3) is 0 Å². The third-order valence-corrected chi connectivity index (χ3v) is 2.27. The van der Waals surface area contributed by atoms with E-state index in [1.165, 1.54) is 0 Å². The SMILES string of the molecule is CN[C@@H](C)c1ccc(Cl)cc1C#N. The molecule has 1 atom stereocenters. The first kappa shape index (κ1) is 10.0. The molecule has 0 aliphatic heterocycles. The highest BCUT2D eigenvalue weighted by molar-refractivity contribution is 6.30. The third-order valence-electron chi connectivity index (χ3n) is 2.04. The molecule has 1 N–H and O–H groups in total. The van der Waals surface area contributed by atoms with Gasteiger partial charge in [0.05, 0.1) is 11.6 Å². The van der Waals surface area contributed by atoms with Gasteiger partial charge in [0.2, 0.25) is 0 Å². The first-order chi connectivity index (χ1) is 6.19. The maximum Gasteiger partial charge on any atom is 0.0995 e. The van der Waals surface area contributed by atoms with E-state index in [-0.39, 0.29) is 6.04 Å². The van der Waals surface area contributed by atoms with Crippen molar-refractivity contribution in [3.63, 3.8) is 0 Å². The van der Waals surface area contributed by atoms with E-state index in [4.69, 9.17) is 16.9 Å². The van der Waals surface area contributed by atoms with Gasteiger partial charge in [0.15, 0.2) is 0 Å². The molecule has 68 valence electrons. The van der Waals surface area contributed by atoms with E-state index in [0.29, 0.717) is 10.6 Å². The highest BCUT2D eigenvalue weighted by Gasteiger charge is 2.08. The van der Waals surface area contributed by atoms with Crippen LogP contribution in [-0.2, 0) is 0 Å². The summed E-state index contributed by atoms with van der Waals surface area (Å²) in [5.74, 6) is 0. The standard InChI is InChI=1S/C10H11ClN2/c1-7(13-2)10-4-3-9(11)5-8(10)6-12/h3-5,7,13H,1-2H3/t7-/m0/s1. The van der Waals surface area contributed by atoms with Gasteiger partial charge in [-0.15, -0.1) is 0 Å². The predicted molar refractivity (Wildman–Crippen MR) is 53.6 cm³/mol. The second-order valence-electron chi connectivity index (χ2n) is 2.85. The van der Waals surface area contributed by atoms with Gasteiger partial charge in [0.1, 0.15) is 0 Å². The Bertz CT molecular complexity index is 341. The summed E-state index contributed by atoms with van der Waals surface area (Å²) in [6, 6.07) is 7.66. The fourth-order valence-electron chi connectivity index (χ4n) is 1.16. The van der Waals surface area contributed by atoms with Crippen molar-refractivity contribution in [2.24, 2.45) is 0 Å². The molecular formula is C10H11ClN2. The number of nitrogens with zero attached hydrogens (tertiary/aromatic N) is 1. The lowest BCUT2D eigenvalue weighted by atomic mass is 10.0. The van der Waals surface area contributed by atoms with Crippen molar-refractivity contribution in [3.8, 4) is 6.07 Å². The van der Waals surface area contributed by atoms with Crippen LogP contribution in [0.3, 0.4) is 0 Å². The minimum atomic E-state index is 0.173. The molecule has 0 aliphatic carbocycles. The quantitative estimate of drug-likeness (QED) is 0.785. The first-order valence-corrected chi connectivity index (χ1v) is 4.43. The van der Waals surface area contributed by atoms with Crippen LogP contribution in [0.15, 0.2) is 18.2 Å². The number of hydrogen-bond donors (Lipinski definition) is 1. The summed E-state index contributed by atoms with van der Waals surface area (Å²) in [6.07, 6.45) is 0. The van der Waals surface area contributed by atoms with Crippen molar-refractivity contribution in [2.45, 2.75) is 13.0 Å². The fraction of sp³-hybridized carbons (Fsp3) is 0.300. The molecule has 0 saturated carbocycles. The first-order valence-electron chi connectivity index (χ1n) is 4.06. The number of hydrogen-bond acceptors (Lipinski definition) is 2. The molecule has 2 nitrogen and oxygen atoms in total. The van der Waals surface area contributed by atoms with Crippen LogP contribution in [-0.4, -0.2) is 7.05 Å². The van der Waals surface area contributed by atoms with Crippen LogP contribution in [0.4, 0.5) is 0 Å². The van der Waals surface area contributed by atoms with Gasteiger partial charge in [-0.1, -0.05) is 17.7 Å². The normalized spacial score (nSPS) is 12.2. The second-order valence-corrected chi connectivity index (χ2v) is 3.29. The Balaban J connectivity index is 3.15. The molecule has 0 heterocycles. The Morgan fingerprint density at radius 3 is 2.77 bits per heavy atom. The molecule has 0 saturated heterocycles. The molecule has 0 fully saturated rings. The van der Waals surface area contributed by atoms with E-state index < -0.39 is 0 Å². The lowest BCUT2D eigenvalue weighted by Crippen LogP contribution is -2.13. The smallest absolute Gasteiger partial charge is 0.0995 e. The van der Waals surface area contributed by atoms with Crippen molar-refractivity contribution >= 4 is 11.6 Å². The molecule has 0 bridgehead atoms. The number of nitrogens with one attached hydrogen (secondary N) is 1. The molecule has 1 aromatic carbocycles. The van der Waals surface area contributed by atoms with Gasteiger partial charge in [-0.2, -0.15) is 5.26 Å². The molecule has 0 aliphatic rings. The molecule has 0 aromatic heterocycles. The zero-order valence-corrected chi connectivity index (χ0v) is 8.39. The Kier molecular flexibility index (Phi) is 3.30. The van der Waals surface area contributed by atoms with Crippen molar-refractivity contribution in [3.05, 3.63) is 34.3 Å². The molecule has 0 unspecified atom stereocenters. The average molecular weight is 195 g/mol. The average Bonchev–Trinajstić information content (AvgIpc) is 2.16. The zero-order chi connectivity index (χ0) is 9.84. The molecule has 3 heteroatoms. The van der Waals surface area contributed by atoms with Crippen LogP contribution >= 0.6 is 11.6 Å². The van der Waals surface area contributed by atoms with E-state index in [1.54, 1.807) is 12.1 Å². The highest BCUT2D eigenvalue weighted by Crippen LogP contribution is 2.20. The Labute approximate surface area is 83.1 Å². The van der Waals surface area contributed by atoms with Crippen molar-refractivity contribution in [1.82, 2.24) is 5.32 Å². The van der Waals surface area contributed by atoms with Gasteiger partial charge >= 0.3 is 0 Å². The largest absolute Gasteiger partial charge is 0.313 e. The fourth-order valence-corrected chi connectivity index (χ4v) is 1.33. The Hall–Kier alpha value is -1.04. The molecule has 0 amide bonds. The van der Waals surface area contributed by atoms with Gasteiger partial charge < -0.3 is 5.32 Å². The summed E-state index contributed by atoms with van der Waals surface area (Å²) in [7, 11) is 1.86. The summed E-state index contributed by atoms with van der Waals surface area (Å²) in [5, 5.41) is 12.5. The highest BCUT2D eigenvalue weighted by atomic mass is 35.5. The number of benzene rings is 1. The topological polar surface area (TPSA) is 35.8 Å². The molecular weight excluding hydrogens is 184 g/mol. The van der Waals surface area contributed by atoms with Crippen molar-refractivity contribution in [1.29, 1.82) is 5.26 Å². The van der Waals surface area contributed by atoms with Crippen LogP contribution in [0, 0.1) is 11.3 Å². The predicted octanol–water partition coefficient (Wildman–Crippen LogP) is 2.49. The minimum absolute atomic E-state index is 0.173. The summed E-state index contributed by atoms with van der Waals surface area (Å²) in [4.78, 5) is 0. The molecule has 1 rings (SSSR count). The molecule has 1 aromatic rings. The monoisotopic (exact) mass is 194 g/mol. The van der Waals surface area contributed by atoms with E-state index in [0.717, 1.165) is 5.56 Å². The molecule has 0 radical (unpaired) electrons. The molecule has 13 heavy (non-hydrogen) atoms. The lowest BCUT2D eigenvalue weighted by Gasteiger charge is -2.11. The van der Waals surface area contributed by atoms with E-state index in [9.17, 15) is 0 Å². The van der Waals surface area contributed by atoms with Gasteiger partial charge in [0, 0.05) is 11.1 Å². The third kappa shape index (κ3) is 2.21. The van der Waals surface area contributed by atoms with Gasteiger partial charge in [-0.3, -0.25) is 0 Å². The zero-order valence-electron chi connectivity index (χ0n) is 7.63. The van der Waals surface area contributed by atoms with Crippen molar-refractivity contribution < 1.29 is 0 Å². The molecule has 0 spiro atoms. The minimum Gasteiger partial charge on any atom is -0.313 e. The van der Waals surface area contributed by atoms with Crippen LogP contribution in [0.2, 0.25) is 5.02 Å². The van der Waals surface area contributed by atoms with Crippen LogP contribution in [0.25, 0.3) is 0 Å². The van der Waals surface area contributed by atoms with Crippen LogP contribution in [0.1, 0.15) is 24.1 Å². The maximum absolute atomic E-state index is 8.85.